The van der Waals surface area contributed by atoms with Gasteiger partial charge < -0.3 is 19.3 Å². The number of hydrogen-bond donors (Lipinski definition) is 1. The Kier molecular flexibility index (Phi) is 7.16. The molecule has 8 heteroatoms. The lowest BCUT2D eigenvalue weighted by Gasteiger charge is -2.25. The minimum Gasteiger partial charge on any atom is -0.507 e. The molecule has 3 aromatic carbocycles. The summed E-state index contributed by atoms with van der Waals surface area (Å²) in [6, 6.07) is 19.2. The zero-order valence-electron chi connectivity index (χ0n) is 20.9. The van der Waals surface area contributed by atoms with Crippen LogP contribution in [-0.4, -0.2) is 37.1 Å². The van der Waals surface area contributed by atoms with Crippen molar-refractivity contribution < 1.29 is 28.9 Å². The summed E-state index contributed by atoms with van der Waals surface area (Å²) < 4.78 is 16.4. The molecule has 0 spiro atoms. The van der Waals surface area contributed by atoms with E-state index in [-0.39, 0.29) is 17.4 Å². The van der Waals surface area contributed by atoms with Crippen LogP contribution in [0.1, 0.15) is 36.6 Å². The van der Waals surface area contributed by atoms with E-state index in [1.54, 1.807) is 66.7 Å². The number of carbonyl (C=O) groups excluding carboxylic acids is 2. The van der Waals surface area contributed by atoms with Crippen LogP contribution in [0.25, 0.3) is 5.76 Å². The Morgan fingerprint density at radius 1 is 0.946 bits per heavy atom. The zero-order chi connectivity index (χ0) is 26.7. The van der Waals surface area contributed by atoms with E-state index in [2.05, 4.69) is 0 Å². The summed E-state index contributed by atoms with van der Waals surface area (Å²) in [5, 5.41) is 20.5. The largest absolute Gasteiger partial charge is 0.507 e. The van der Waals surface area contributed by atoms with Gasteiger partial charge in [-0.1, -0.05) is 12.1 Å². The lowest BCUT2D eigenvalue weighted by molar-refractivity contribution is -0.132. The van der Waals surface area contributed by atoms with E-state index in [9.17, 15) is 20.0 Å². The number of rotatable bonds is 7. The van der Waals surface area contributed by atoms with Gasteiger partial charge in [0.1, 0.15) is 11.5 Å². The molecule has 0 radical (unpaired) electrons. The lowest BCUT2D eigenvalue weighted by atomic mass is 9.95. The maximum absolute atomic E-state index is 13.4. The average Bonchev–Trinajstić information content (AvgIpc) is 3.18. The van der Waals surface area contributed by atoms with Gasteiger partial charge in [0.05, 0.1) is 43.6 Å². The van der Waals surface area contributed by atoms with Crippen LogP contribution in [0.15, 0.2) is 72.3 Å². The van der Waals surface area contributed by atoms with Crippen molar-refractivity contribution in [1.82, 2.24) is 0 Å². The van der Waals surface area contributed by atoms with Crippen LogP contribution < -0.4 is 19.1 Å². The van der Waals surface area contributed by atoms with Crippen molar-refractivity contribution in [3.63, 3.8) is 0 Å². The first-order chi connectivity index (χ1) is 17.8. The van der Waals surface area contributed by atoms with E-state index >= 15 is 0 Å². The summed E-state index contributed by atoms with van der Waals surface area (Å²) >= 11 is 0. The van der Waals surface area contributed by atoms with Gasteiger partial charge in [-0.15, -0.1) is 0 Å². The van der Waals surface area contributed by atoms with E-state index in [1.165, 1.54) is 19.1 Å². The van der Waals surface area contributed by atoms with E-state index in [1.807, 2.05) is 19.9 Å². The molecule has 8 nitrogen and oxygen atoms in total. The molecule has 1 fully saturated rings. The minimum absolute atomic E-state index is 0.0276. The van der Waals surface area contributed by atoms with Crippen molar-refractivity contribution in [2.75, 3.05) is 19.1 Å². The van der Waals surface area contributed by atoms with Gasteiger partial charge in [-0.25, -0.2) is 0 Å². The molecule has 1 unspecified atom stereocenters. The zero-order valence-corrected chi connectivity index (χ0v) is 20.9. The second-order valence-electron chi connectivity index (χ2n) is 8.63. The molecule has 1 aliphatic heterocycles. The Morgan fingerprint density at radius 3 is 2.16 bits per heavy atom. The monoisotopic (exact) mass is 498 g/mol. The first-order valence-corrected chi connectivity index (χ1v) is 11.6. The molecule has 1 amide bonds. The third-order valence-corrected chi connectivity index (χ3v) is 5.94. The highest BCUT2D eigenvalue weighted by atomic mass is 16.5. The van der Waals surface area contributed by atoms with Crippen LogP contribution in [0.5, 0.6) is 17.2 Å². The fourth-order valence-electron chi connectivity index (χ4n) is 4.25. The smallest absolute Gasteiger partial charge is 0.300 e. The number of hydrogen-bond acceptors (Lipinski definition) is 7. The molecule has 37 heavy (non-hydrogen) atoms. The highest BCUT2D eigenvalue weighted by Crippen LogP contribution is 2.43. The molecule has 3 aromatic rings. The summed E-state index contributed by atoms with van der Waals surface area (Å²) in [5.74, 6) is -0.519. The third-order valence-electron chi connectivity index (χ3n) is 5.94. The molecule has 1 heterocycles. The number of benzene rings is 3. The van der Waals surface area contributed by atoms with Crippen LogP contribution >= 0.6 is 0 Å². The first-order valence-electron chi connectivity index (χ1n) is 11.6. The maximum Gasteiger partial charge on any atom is 0.300 e. The van der Waals surface area contributed by atoms with Crippen LogP contribution in [0, 0.1) is 11.3 Å². The predicted octanol–water partition coefficient (Wildman–Crippen LogP) is 4.99. The molecule has 1 N–H and O–H groups in total. The molecule has 0 aromatic heterocycles. The number of aliphatic hydroxyl groups is 1. The van der Waals surface area contributed by atoms with Crippen molar-refractivity contribution in [1.29, 1.82) is 5.26 Å². The van der Waals surface area contributed by atoms with E-state index in [4.69, 9.17) is 14.2 Å². The Morgan fingerprint density at radius 2 is 1.59 bits per heavy atom. The van der Waals surface area contributed by atoms with E-state index in [0.717, 1.165) is 0 Å². The second-order valence-corrected chi connectivity index (χ2v) is 8.63. The average molecular weight is 499 g/mol. The topological polar surface area (TPSA) is 109 Å². The SMILES string of the molecule is COc1ccc(/C(O)=C2/C(=O)C(=O)N(c3ccc(C#N)cc3)C2c2ccc(OC(C)C)cc2)cc1OC. The van der Waals surface area contributed by atoms with Gasteiger partial charge in [0, 0.05) is 11.3 Å². The summed E-state index contributed by atoms with van der Waals surface area (Å²) in [6.45, 7) is 3.83. The molecule has 1 aliphatic rings. The minimum atomic E-state index is -0.922. The number of Topliss-reactive ketones (excluding diaryl/α,β-unsaturated/α-hetero) is 1. The molecule has 4 rings (SSSR count). The van der Waals surface area contributed by atoms with Crippen molar-refractivity contribution in [3.05, 3.63) is 89.0 Å². The number of ether oxygens (including phenoxy) is 3. The Balaban J connectivity index is 1.89. The Hall–Kier alpha value is -4.77. The van der Waals surface area contributed by atoms with Gasteiger partial charge in [-0.2, -0.15) is 5.26 Å². The third kappa shape index (κ3) is 4.84. The first kappa shape index (κ1) is 25.3. The summed E-state index contributed by atoms with van der Waals surface area (Å²) in [4.78, 5) is 28.0. The predicted molar refractivity (Wildman–Crippen MR) is 138 cm³/mol. The number of methoxy groups -OCH3 is 2. The molecule has 188 valence electrons. The quantitative estimate of drug-likeness (QED) is 0.278. The Bertz CT molecular complexity index is 1400. The van der Waals surface area contributed by atoms with Crippen LogP contribution in [0.4, 0.5) is 5.69 Å². The Labute approximate surface area is 214 Å². The van der Waals surface area contributed by atoms with Gasteiger partial charge in [0.25, 0.3) is 11.7 Å². The van der Waals surface area contributed by atoms with Crippen molar-refractivity contribution >= 4 is 23.1 Å². The second kappa shape index (κ2) is 10.5. The van der Waals surface area contributed by atoms with Crippen LogP contribution in [0.2, 0.25) is 0 Å². The number of anilines is 1. The number of ketones is 1. The number of amides is 1. The van der Waals surface area contributed by atoms with Gasteiger partial charge >= 0.3 is 0 Å². The molecule has 0 saturated carbocycles. The van der Waals surface area contributed by atoms with Crippen LogP contribution in [-0.2, 0) is 9.59 Å². The number of nitrogens with zero attached hydrogens (tertiary/aromatic N) is 2. The molecule has 1 saturated heterocycles. The van der Waals surface area contributed by atoms with Gasteiger partial charge in [0.2, 0.25) is 0 Å². The number of aliphatic hydroxyl groups excluding tert-OH is 1. The lowest BCUT2D eigenvalue weighted by Crippen LogP contribution is -2.29. The fraction of sp³-hybridized carbons (Fsp3) is 0.207. The van der Waals surface area contributed by atoms with Gasteiger partial charge in [0.15, 0.2) is 11.5 Å². The maximum atomic E-state index is 13.4. The van der Waals surface area contributed by atoms with Gasteiger partial charge in [-0.3, -0.25) is 14.5 Å². The summed E-state index contributed by atoms with van der Waals surface area (Å²) in [7, 11) is 2.96. The number of nitriles is 1. The van der Waals surface area contributed by atoms with Crippen molar-refractivity contribution in [2.45, 2.75) is 26.0 Å². The standard InChI is InChI=1S/C29H26N2O6/c1-17(2)37-22-12-7-19(8-13-22)26-25(27(32)20-9-14-23(35-3)24(15-20)36-4)28(33)29(34)31(26)21-10-5-18(16-30)6-11-21/h5-15,17,26,32H,1-4H3/b27-25-. The summed E-state index contributed by atoms with van der Waals surface area (Å²) in [6.07, 6.45) is -0.0276. The van der Waals surface area contributed by atoms with E-state index < -0.39 is 17.7 Å². The molecular weight excluding hydrogens is 472 g/mol. The number of carbonyl (C=O) groups is 2. The summed E-state index contributed by atoms with van der Waals surface area (Å²) in [5.41, 5.74) is 1.65. The van der Waals surface area contributed by atoms with Crippen molar-refractivity contribution in [3.8, 4) is 23.3 Å². The van der Waals surface area contributed by atoms with Gasteiger partial charge in [-0.05, 0) is 74.0 Å². The molecule has 0 aliphatic carbocycles. The highest BCUT2D eigenvalue weighted by Gasteiger charge is 2.47. The molecular formula is C29H26N2O6. The molecule has 0 bridgehead atoms. The van der Waals surface area contributed by atoms with Crippen molar-refractivity contribution in [2.24, 2.45) is 0 Å². The fourth-order valence-corrected chi connectivity index (χ4v) is 4.25. The van der Waals surface area contributed by atoms with Crippen LogP contribution in [0.3, 0.4) is 0 Å². The normalized spacial score (nSPS) is 16.5. The molecule has 1 atom stereocenters. The van der Waals surface area contributed by atoms with E-state index in [0.29, 0.717) is 39.6 Å². The highest BCUT2D eigenvalue weighted by molar-refractivity contribution is 6.51.